The summed E-state index contributed by atoms with van der Waals surface area (Å²) in [6.07, 6.45) is 12.8. The Morgan fingerprint density at radius 3 is 2.43 bits per heavy atom. The quantitative estimate of drug-likeness (QED) is 0.116. The van der Waals surface area contributed by atoms with Crippen LogP contribution in [0, 0.1) is 0 Å². The van der Waals surface area contributed by atoms with E-state index in [1.165, 1.54) is 29.8 Å². The lowest BCUT2D eigenvalue weighted by molar-refractivity contribution is -0.153. The molecule has 2 fully saturated rings. The van der Waals surface area contributed by atoms with Crippen LogP contribution in [-0.4, -0.2) is 96.6 Å². The molecule has 12 nitrogen and oxygen atoms in total. The summed E-state index contributed by atoms with van der Waals surface area (Å²) in [6.45, 7) is 9.81. The maximum atomic E-state index is 13.5. The van der Waals surface area contributed by atoms with Gasteiger partial charge in [0.1, 0.15) is 18.2 Å². The highest BCUT2D eigenvalue weighted by molar-refractivity contribution is 7.17. The number of anilines is 1. The summed E-state index contributed by atoms with van der Waals surface area (Å²) in [6, 6.07) is 18.0. The maximum absolute atomic E-state index is 13.5. The highest BCUT2D eigenvalue weighted by Crippen LogP contribution is 2.27. The van der Waals surface area contributed by atoms with Gasteiger partial charge >= 0.3 is 0 Å². The van der Waals surface area contributed by atoms with Gasteiger partial charge < -0.3 is 25.4 Å². The fourth-order valence-corrected chi connectivity index (χ4v) is 10.1. The molecule has 6 heterocycles. The van der Waals surface area contributed by atoms with E-state index >= 15 is 0 Å². The van der Waals surface area contributed by atoms with Crippen LogP contribution in [0.25, 0.3) is 34.0 Å². The van der Waals surface area contributed by atoms with Crippen molar-refractivity contribution in [1.29, 1.82) is 0 Å². The van der Waals surface area contributed by atoms with Gasteiger partial charge in [0.05, 0.1) is 20.9 Å². The highest BCUT2D eigenvalue weighted by Gasteiger charge is 2.40. The number of halogens is 2. The first-order valence-electron chi connectivity index (χ1n) is 21.0. The van der Waals surface area contributed by atoms with Gasteiger partial charge in [-0.05, 0) is 85.5 Å². The molecular formula is C47H50Cl2N8O4S2. The Bertz CT molecular complexity index is 2710. The Balaban J connectivity index is 0.000000190. The number of nitrogen functional groups attached to an aromatic ring is 1. The minimum Gasteiger partial charge on any atom is -0.383 e. The van der Waals surface area contributed by atoms with Crippen molar-refractivity contribution >= 4 is 103 Å². The zero-order chi connectivity index (χ0) is 44.6. The number of aromatic nitrogens is 3. The number of nitrogens with one attached hydrogen (secondary N) is 1. The number of pyridine rings is 1. The number of hydrogen-bond donors (Lipinski definition) is 2. The van der Waals surface area contributed by atoms with Crippen molar-refractivity contribution in [1.82, 2.24) is 34.6 Å². The molecule has 2 aliphatic heterocycles. The fraction of sp³-hybridized carbons (Fsp3) is 0.319. The van der Waals surface area contributed by atoms with E-state index < -0.39 is 6.04 Å². The summed E-state index contributed by atoms with van der Waals surface area (Å²) in [7, 11) is 0. The molecular weight excluding hydrogens is 876 g/mol. The van der Waals surface area contributed by atoms with Gasteiger partial charge in [0, 0.05) is 95.1 Å². The summed E-state index contributed by atoms with van der Waals surface area (Å²) in [5.74, 6) is 0.413. The predicted molar refractivity (Wildman–Crippen MR) is 257 cm³/mol. The molecule has 16 heteroatoms. The van der Waals surface area contributed by atoms with Crippen LogP contribution in [0.4, 0.5) is 5.82 Å². The van der Waals surface area contributed by atoms with Gasteiger partial charge in [-0.3, -0.25) is 24.1 Å². The Labute approximate surface area is 384 Å². The number of hydrogen-bond acceptors (Lipinski definition) is 10. The second-order valence-electron chi connectivity index (χ2n) is 15.7. The fourth-order valence-electron chi connectivity index (χ4n) is 8.12. The molecule has 0 unspecified atom stereocenters. The lowest BCUT2D eigenvalue weighted by Crippen LogP contribution is -2.61. The first kappa shape index (κ1) is 45.6. The minimum absolute atomic E-state index is 0.00362. The summed E-state index contributed by atoms with van der Waals surface area (Å²) >= 11 is 15.0. The van der Waals surface area contributed by atoms with Crippen LogP contribution >= 0.6 is 45.9 Å². The van der Waals surface area contributed by atoms with Crippen LogP contribution in [0.2, 0.25) is 9.36 Å². The van der Waals surface area contributed by atoms with Crippen molar-refractivity contribution in [3.8, 4) is 0 Å². The van der Waals surface area contributed by atoms with Crippen LogP contribution < -0.4 is 11.2 Å². The smallest absolute Gasteiger partial charge is 0.247 e. The summed E-state index contributed by atoms with van der Waals surface area (Å²) in [5.41, 5.74) is 9.47. The molecule has 328 valence electrons. The van der Waals surface area contributed by atoms with Gasteiger partial charge in [-0.15, -0.1) is 22.7 Å². The molecule has 8 rings (SSSR count). The van der Waals surface area contributed by atoms with Crippen LogP contribution in [-0.2, 0) is 27.5 Å². The van der Waals surface area contributed by atoms with E-state index in [1.807, 2.05) is 83.6 Å². The number of aromatic amines is 1. The largest absolute Gasteiger partial charge is 0.383 e. The normalized spacial score (nSPS) is 18.6. The molecule has 63 heavy (non-hydrogen) atoms. The Morgan fingerprint density at radius 1 is 0.905 bits per heavy atom. The van der Waals surface area contributed by atoms with Crippen LogP contribution in [0.15, 0.2) is 95.5 Å². The minimum atomic E-state index is -0.478. The van der Waals surface area contributed by atoms with Gasteiger partial charge in [0.2, 0.25) is 17.7 Å². The summed E-state index contributed by atoms with van der Waals surface area (Å²) in [4.78, 5) is 72.7. The molecule has 4 aromatic heterocycles. The number of fused-ring (bicyclic) bond motifs is 2. The molecule has 3 amide bonds. The van der Waals surface area contributed by atoms with E-state index in [0.29, 0.717) is 48.8 Å². The SMILES string of the molecule is CCC[C@H]1C(=O)N(Cc2ccc3c(N)ncnc3c2)[C@@H](C)CN1C(=O)C=Cc1cc(Cl)cs1.CC[C@H]1C(=O)N(Cc2ccc3c(=O)cc[nH]c3c2)CCN1CC=Cc1ccc(Cl)s1. The lowest BCUT2D eigenvalue weighted by atomic mass is 10.0. The summed E-state index contributed by atoms with van der Waals surface area (Å²) in [5, 5.41) is 3.93. The molecule has 0 saturated carbocycles. The predicted octanol–water partition coefficient (Wildman–Crippen LogP) is 8.75. The van der Waals surface area contributed by atoms with Crippen LogP contribution in [0.1, 0.15) is 60.9 Å². The van der Waals surface area contributed by atoms with Crippen molar-refractivity contribution in [2.75, 3.05) is 31.9 Å². The van der Waals surface area contributed by atoms with Crippen molar-refractivity contribution in [3.05, 3.63) is 131 Å². The zero-order valence-electron chi connectivity index (χ0n) is 35.4. The molecule has 2 aromatic carbocycles. The number of H-pyrrole nitrogens is 1. The van der Waals surface area contributed by atoms with Crippen LogP contribution in [0.3, 0.4) is 0 Å². The summed E-state index contributed by atoms with van der Waals surface area (Å²) < 4.78 is 0.780. The van der Waals surface area contributed by atoms with E-state index in [2.05, 4.69) is 38.9 Å². The van der Waals surface area contributed by atoms with Crippen molar-refractivity contribution in [3.63, 3.8) is 0 Å². The monoisotopic (exact) mass is 924 g/mol. The molecule has 2 saturated heterocycles. The van der Waals surface area contributed by atoms with Crippen molar-refractivity contribution in [2.24, 2.45) is 0 Å². The number of nitrogens with two attached hydrogens (primary N) is 1. The molecule has 0 spiro atoms. The Morgan fingerprint density at radius 2 is 1.70 bits per heavy atom. The average Bonchev–Trinajstić information content (AvgIpc) is 3.90. The lowest BCUT2D eigenvalue weighted by Gasteiger charge is -2.44. The first-order valence-corrected chi connectivity index (χ1v) is 23.4. The Hall–Kier alpha value is -5.38. The number of thiophene rings is 2. The molecule has 0 radical (unpaired) electrons. The molecule has 3 atom stereocenters. The second-order valence-corrected chi connectivity index (χ2v) is 18.8. The molecule has 3 N–H and O–H groups in total. The number of benzene rings is 2. The second kappa shape index (κ2) is 20.9. The average molecular weight is 926 g/mol. The molecule has 0 aliphatic carbocycles. The van der Waals surface area contributed by atoms with Gasteiger partial charge in [0.25, 0.3) is 0 Å². The van der Waals surface area contributed by atoms with E-state index in [0.717, 1.165) is 67.6 Å². The number of piperazine rings is 2. The van der Waals surface area contributed by atoms with Gasteiger partial charge in [0.15, 0.2) is 5.43 Å². The standard InChI is InChI=1S/C24H26ClN5O2S.C23H24ClN3O2S/c1-3-4-21-24(32)29(12-16-5-7-19-20(9-16)27-14-28-23(19)26)15(2)11-30(21)22(31)8-6-18-10-17(25)13-33-18;1-2-20-23(29)27(13-12-26(20)11-3-4-17-6-8-22(24)30-17)15-16-5-7-18-19(14-16)25-10-9-21(18)28/h5-10,13-15,21H,3-4,11-12H2,1-2H3,(H2,26,27,28);3-10,14,20H,2,11-13,15H2,1H3,(H,25,28)/t15-,21-;20-/m00/s1. The van der Waals surface area contributed by atoms with E-state index in [4.69, 9.17) is 28.9 Å². The zero-order valence-corrected chi connectivity index (χ0v) is 38.5. The third-order valence-corrected chi connectivity index (χ3v) is 13.8. The van der Waals surface area contributed by atoms with Crippen molar-refractivity contribution < 1.29 is 14.4 Å². The van der Waals surface area contributed by atoms with E-state index in [1.54, 1.807) is 28.5 Å². The number of amides is 3. The van der Waals surface area contributed by atoms with E-state index in [-0.39, 0.29) is 35.2 Å². The van der Waals surface area contributed by atoms with Gasteiger partial charge in [-0.2, -0.15) is 0 Å². The number of carbonyl (C=O) groups is 3. The number of nitrogens with zero attached hydrogens (tertiary/aromatic N) is 6. The number of carbonyl (C=O) groups excluding carboxylic acids is 3. The van der Waals surface area contributed by atoms with Gasteiger partial charge in [-0.25, -0.2) is 9.97 Å². The third kappa shape index (κ3) is 11.1. The first-order chi connectivity index (χ1) is 30.4. The number of rotatable bonds is 12. The topological polar surface area (TPSA) is 149 Å². The van der Waals surface area contributed by atoms with Crippen LogP contribution in [0.5, 0.6) is 0 Å². The van der Waals surface area contributed by atoms with Crippen molar-refractivity contribution in [2.45, 2.75) is 71.2 Å². The molecule has 0 bridgehead atoms. The third-order valence-electron chi connectivity index (χ3n) is 11.3. The Kier molecular flexibility index (Phi) is 15.1. The molecule has 6 aromatic rings. The molecule has 2 aliphatic rings. The van der Waals surface area contributed by atoms with Gasteiger partial charge in [-0.1, -0.05) is 61.7 Å². The highest BCUT2D eigenvalue weighted by atomic mass is 35.5. The van der Waals surface area contributed by atoms with E-state index in [9.17, 15) is 19.2 Å². The maximum Gasteiger partial charge on any atom is 0.247 e.